The Labute approximate surface area is 113 Å². The molecule has 0 aliphatic carbocycles. The van der Waals surface area contributed by atoms with Gasteiger partial charge in [0, 0.05) is 12.1 Å². The van der Waals surface area contributed by atoms with Crippen molar-refractivity contribution in [3.05, 3.63) is 46.1 Å². The average Bonchev–Trinajstić information content (AvgIpc) is 2.88. The van der Waals surface area contributed by atoms with Crippen molar-refractivity contribution < 1.29 is 19.2 Å². The molecule has 8 heteroatoms. The van der Waals surface area contributed by atoms with Crippen molar-refractivity contribution in [3.63, 3.8) is 0 Å². The Morgan fingerprint density at radius 1 is 1.45 bits per heavy atom. The summed E-state index contributed by atoms with van der Waals surface area (Å²) in [6.45, 7) is 1.90. The second kappa shape index (κ2) is 5.83. The summed E-state index contributed by atoms with van der Waals surface area (Å²) in [5, 5.41) is 17.0. The van der Waals surface area contributed by atoms with Crippen molar-refractivity contribution in [1.29, 1.82) is 0 Å². The van der Waals surface area contributed by atoms with Gasteiger partial charge in [-0.15, -0.1) is 0 Å². The van der Waals surface area contributed by atoms with E-state index in [1.54, 1.807) is 13.0 Å². The van der Waals surface area contributed by atoms with E-state index < -0.39 is 10.9 Å². The maximum absolute atomic E-state index is 11.4. The molecule has 0 saturated heterocycles. The van der Waals surface area contributed by atoms with Gasteiger partial charge in [0.1, 0.15) is 0 Å². The number of carbonyl (C=O) groups excluding carboxylic acids is 1. The van der Waals surface area contributed by atoms with Crippen LogP contribution < -0.4 is 4.74 Å². The molecular formula is C12H11N3O5. The van der Waals surface area contributed by atoms with E-state index in [4.69, 9.17) is 9.47 Å². The zero-order valence-electron chi connectivity index (χ0n) is 10.5. The molecule has 0 atom stereocenters. The summed E-state index contributed by atoms with van der Waals surface area (Å²) in [5.41, 5.74) is -0.139. The van der Waals surface area contributed by atoms with E-state index in [9.17, 15) is 14.9 Å². The van der Waals surface area contributed by atoms with Crippen LogP contribution in [0, 0.1) is 10.1 Å². The number of hydrogen-bond acceptors (Lipinski definition) is 6. The standard InChI is InChI=1S/C12H11N3O5/c1-2-19-12(16)8-7-11(14-13-8)20-10-6-4-3-5-9(10)15(17)18/h3-7H,2H2,1H3,(H,13,14). The molecule has 0 aliphatic rings. The first kappa shape index (κ1) is 13.5. The lowest BCUT2D eigenvalue weighted by Gasteiger charge is -2.02. The molecule has 0 amide bonds. The molecule has 0 saturated carbocycles. The highest BCUT2D eigenvalue weighted by Crippen LogP contribution is 2.30. The summed E-state index contributed by atoms with van der Waals surface area (Å²) in [7, 11) is 0. The van der Waals surface area contributed by atoms with E-state index >= 15 is 0 Å². The highest BCUT2D eigenvalue weighted by atomic mass is 16.6. The normalized spacial score (nSPS) is 10.1. The largest absolute Gasteiger partial charge is 0.461 e. The van der Waals surface area contributed by atoms with Crippen LogP contribution in [0.3, 0.4) is 0 Å². The van der Waals surface area contributed by atoms with Crippen LogP contribution in [-0.4, -0.2) is 27.7 Å². The molecule has 0 fully saturated rings. The number of nitrogens with one attached hydrogen (secondary N) is 1. The quantitative estimate of drug-likeness (QED) is 0.510. The van der Waals surface area contributed by atoms with Gasteiger partial charge < -0.3 is 9.47 Å². The third-order valence-corrected chi connectivity index (χ3v) is 2.32. The summed E-state index contributed by atoms with van der Waals surface area (Å²) in [5.74, 6) is -0.430. The second-order valence-corrected chi connectivity index (χ2v) is 3.66. The lowest BCUT2D eigenvalue weighted by atomic mass is 10.3. The van der Waals surface area contributed by atoms with Crippen LogP contribution in [0.1, 0.15) is 17.4 Å². The minimum Gasteiger partial charge on any atom is -0.461 e. The van der Waals surface area contributed by atoms with Gasteiger partial charge in [0.25, 0.3) is 0 Å². The number of benzene rings is 1. The Morgan fingerprint density at radius 3 is 2.90 bits per heavy atom. The van der Waals surface area contributed by atoms with Crippen LogP contribution in [0.15, 0.2) is 30.3 Å². The number of ether oxygens (including phenoxy) is 2. The molecule has 0 radical (unpaired) electrons. The van der Waals surface area contributed by atoms with Gasteiger partial charge in [-0.25, -0.2) is 9.89 Å². The smallest absolute Gasteiger partial charge is 0.358 e. The fourth-order valence-corrected chi connectivity index (χ4v) is 1.48. The second-order valence-electron chi connectivity index (χ2n) is 3.66. The number of rotatable bonds is 5. The molecule has 8 nitrogen and oxygen atoms in total. The predicted octanol–water partition coefficient (Wildman–Crippen LogP) is 2.29. The van der Waals surface area contributed by atoms with Crippen LogP contribution in [0.5, 0.6) is 11.6 Å². The van der Waals surface area contributed by atoms with Gasteiger partial charge in [-0.05, 0) is 13.0 Å². The van der Waals surface area contributed by atoms with Crippen molar-refractivity contribution in [1.82, 2.24) is 10.2 Å². The van der Waals surface area contributed by atoms with Gasteiger partial charge in [0.2, 0.25) is 11.6 Å². The molecule has 0 bridgehead atoms. The lowest BCUT2D eigenvalue weighted by molar-refractivity contribution is -0.385. The fraction of sp³-hybridized carbons (Fsp3) is 0.167. The Balaban J connectivity index is 2.19. The van der Waals surface area contributed by atoms with E-state index in [0.29, 0.717) is 0 Å². The molecule has 20 heavy (non-hydrogen) atoms. The molecular weight excluding hydrogens is 266 g/mol. The lowest BCUT2D eigenvalue weighted by Crippen LogP contribution is -2.04. The molecule has 2 aromatic rings. The zero-order valence-corrected chi connectivity index (χ0v) is 10.5. The average molecular weight is 277 g/mol. The first-order valence-corrected chi connectivity index (χ1v) is 5.75. The third-order valence-electron chi connectivity index (χ3n) is 2.32. The van der Waals surface area contributed by atoms with E-state index in [2.05, 4.69) is 10.2 Å². The van der Waals surface area contributed by atoms with E-state index in [0.717, 1.165) is 0 Å². The van der Waals surface area contributed by atoms with Crippen molar-refractivity contribution >= 4 is 11.7 Å². The summed E-state index contributed by atoms with van der Waals surface area (Å²) >= 11 is 0. The number of esters is 1. The Hall–Kier alpha value is -2.90. The maximum Gasteiger partial charge on any atom is 0.358 e. The van der Waals surface area contributed by atoms with Crippen molar-refractivity contribution in [3.8, 4) is 11.6 Å². The van der Waals surface area contributed by atoms with Crippen LogP contribution in [-0.2, 0) is 4.74 Å². The minimum absolute atomic E-state index is 0.0421. The highest BCUT2D eigenvalue weighted by Gasteiger charge is 2.17. The number of hydrogen-bond donors (Lipinski definition) is 1. The number of nitrogens with zero attached hydrogens (tertiary/aromatic N) is 2. The topological polar surface area (TPSA) is 107 Å². The van der Waals surface area contributed by atoms with Crippen LogP contribution in [0.25, 0.3) is 0 Å². The molecule has 0 spiro atoms. The molecule has 2 rings (SSSR count). The number of aromatic nitrogens is 2. The Kier molecular flexibility index (Phi) is 3.94. The fourth-order valence-electron chi connectivity index (χ4n) is 1.48. The number of nitro groups is 1. The molecule has 1 N–H and O–H groups in total. The predicted molar refractivity (Wildman–Crippen MR) is 67.7 cm³/mol. The Bertz CT molecular complexity index is 638. The summed E-state index contributed by atoms with van der Waals surface area (Å²) < 4.78 is 10.1. The number of aromatic amines is 1. The first-order chi connectivity index (χ1) is 9.61. The summed E-state index contributed by atoms with van der Waals surface area (Å²) in [4.78, 5) is 21.7. The van der Waals surface area contributed by atoms with Gasteiger partial charge in [-0.1, -0.05) is 12.1 Å². The summed E-state index contributed by atoms with van der Waals surface area (Å²) in [6, 6.07) is 7.21. The van der Waals surface area contributed by atoms with Gasteiger partial charge >= 0.3 is 11.7 Å². The molecule has 0 aliphatic heterocycles. The van der Waals surface area contributed by atoms with E-state index in [1.165, 1.54) is 24.3 Å². The van der Waals surface area contributed by atoms with Crippen molar-refractivity contribution in [2.75, 3.05) is 6.61 Å². The number of para-hydroxylation sites is 2. The van der Waals surface area contributed by atoms with Crippen molar-refractivity contribution in [2.24, 2.45) is 0 Å². The minimum atomic E-state index is -0.596. The number of H-pyrrole nitrogens is 1. The van der Waals surface area contributed by atoms with Crippen molar-refractivity contribution in [2.45, 2.75) is 6.92 Å². The zero-order chi connectivity index (χ0) is 14.5. The van der Waals surface area contributed by atoms with Crippen LogP contribution in [0.4, 0.5) is 5.69 Å². The molecule has 0 unspecified atom stereocenters. The molecule has 104 valence electrons. The van der Waals surface area contributed by atoms with E-state index in [1.807, 2.05) is 0 Å². The monoisotopic (exact) mass is 277 g/mol. The number of nitro benzene ring substituents is 1. The molecule has 1 aromatic carbocycles. The van der Waals surface area contributed by atoms with Gasteiger partial charge in [0.05, 0.1) is 11.5 Å². The third kappa shape index (κ3) is 2.91. The number of carbonyl (C=O) groups is 1. The van der Waals surface area contributed by atoms with Gasteiger partial charge in [0.15, 0.2) is 5.69 Å². The molecule has 1 aromatic heterocycles. The van der Waals surface area contributed by atoms with E-state index in [-0.39, 0.29) is 29.6 Å². The maximum atomic E-state index is 11.4. The van der Waals surface area contributed by atoms with Gasteiger partial charge in [-0.3, -0.25) is 10.1 Å². The highest BCUT2D eigenvalue weighted by molar-refractivity contribution is 5.87. The SMILES string of the molecule is CCOC(=O)c1cc(Oc2ccccc2[N+](=O)[O-])[nH]n1. The van der Waals surface area contributed by atoms with Crippen LogP contribution in [0.2, 0.25) is 0 Å². The molecule has 1 heterocycles. The van der Waals surface area contributed by atoms with Gasteiger partial charge in [-0.2, -0.15) is 5.10 Å². The van der Waals surface area contributed by atoms with Crippen LogP contribution >= 0.6 is 0 Å². The first-order valence-electron chi connectivity index (χ1n) is 5.75. The summed E-state index contributed by atoms with van der Waals surface area (Å²) in [6.07, 6.45) is 0. The Morgan fingerprint density at radius 2 is 2.20 bits per heavy atom.